The maximum Gasteiger partial charge on any atom is 0.433 e. The summed E-state index contributed by atoms with van der Waals surface area (Å²) < 4.78 is 37.8. The van der Waals surface area contributed by atoms with E-state index in [2.05, 4.69) is 30.6 Å². The van der Waals surface area contributed by atoms with E-state index in [0.29, 0.717) is 5.95 Å². The van der Waals surface area contributed by atoms with E-state index in [0.717, 1.165) is 12.3 Å². The Morgan fingerprint density at radius 2 is 1.68 bits per heavy atom. The molecule has 2 aromatic heterocycles. The van der Waals surface area contributed by atoms with Crippen LogP contribution in [0.2, 0.25) is 0 Å². The summed E-state index contributed by atoms with van der Waals surface area (Å²) in [5.41, 5.74) is -1.05. The molecule has 22 heavy (non-hydrogen) atoms. The number of aromatic nitrogens is 4. The van der Waals surface area contributed by atoms with Gasteiger partial charge < -0.3 is 10.6 Å². The van der Waals surface area contributed by atoms with Gasteiger partial charge in [-0.1, -0.05) is 0 Å². The van der Waals surface area contributed by atoms with Gasteiger partial charge in [0, 0.05) is 17.4 Å². The van der Waals surface area contributed by atoms with Crippen molar-refractivity contribution >= 4 is 17.6 Å². The van der Waals surface area contributed by atoms with E-state index in [1.165, 1.54) is 12.4 Å². The number of halogens is 3. The smallest absolute Gasteiger partial charge is 0.349 e. The van der Waals surface area contributed by atoms with Gasteiger partial charge in [-0.2, -0.15) is 18.2 Å². The van der Waals surface area contributed by atoms with Crippen LogP contribution in [0, 0.1) is 0 Å². The van der Waals surface area contributed by atoms with Crippen LogP contribution in [0.25, 0.3) is 0 Å². The van der Waals surface area contributed by atoms with Gasteiger partial charge in [-0.25, -0.2) is 9.97 Å². The molecule has 0 aliphatic heterocycles. The third-order valence-electron chi connectivity index (χ3n) is 2.37. The van der Waals surface area contributed by atoms with Crippen molar-refractivity contribution in [2.24, 2.45) is 0 Å². The van der Waals surface area contributed by atoms with Crippen LogP contribution in [0.3, 0.4) is 0 Å². The molecular formula is C13H15F3N6. The quantitative estimate of drug-likeness (QED) is 0.906. The molecule has 0 aromatic carbocycles. The molecule has 118 valence electrons. The molecule has 0 amide bonds. The van der Waals surface area contributed by atoms with E-state index in [4.69, 9.17) is 0 Å². The molecule has 0 spiro atoms. The summed E-state index contributed by atoms with van der Waals surface area (Å²) in [7, 11) is 0. The molecule has 0 radical (unpaired) electrons. The molecule has 0 saturated heterocycles. The molecule has 0 saturated carbocycles. The van der Waals surface area contributed by atoms with Crippen molar-refractivity contribution in [3.8, 4) is 0 Å². The summed E-state index contributed by atoms with van der Waals surface area (Å²) in [6.45, 7) is 5.80. The summed E-state index contributed by atoms with van der Waals surface area (Å²) >= 11 is 0. The first-order valence-corrected chi connectivity index (χ1v) is 6.41. The van der Waals surface area contributed by atoms with Crippen LogP contribution in [0.15, 0.2) is 24.7 Å². The maximum atomic E-state index is 12.6. The van der Waals surface area contributed by atoms with Crippen molar-refractivity contribution in [1.29, 1.82) is 0 Å². The average molecular weight is 312 g/mol. The first-order valence-electron chi connectivity index (χ1n) is 6.41. The highest BCUT2D eigenvalue weighted by Gasteiger charge is 2.32. The van der Waals surface area contributed by atoms with E-state index >= 15 is 0 Å². The lowest BCUT2D eigenvalue weighted by atomic mass is 10.1. The Hall–Kier alpha value is -2.45. The topological polar surface area (TPSA) is 75.6 Å². The predicted molar refractivity (Wildman–Crippen MR) is 75.7 cm³/mol. The van der Waals surface area contributed by atoms with Crippen LogP contribution >= 0.6 is 0 Å². The van der Waals surface area contributed by atoms with Gasteiger partial charge in [-0.15, -0.1) is 0 Å². The molecule has 0 fully saturated rings. The minimum Gasteiger partial charge on any atom is -0.349 e. The number of anilines is 3. The largest absolute Gasteiger partial charge is 0.433 e. The highest BCUT2D eigenvalue weighted by atomic mass is 19.4. The first-order chi connectivity index (χ1) is 10.1. The van der Waals surface area contributed by atoms with Gasteiger partial charge in [0.1, 0.15) is 12.0 Å². The van der Waals surface area contributed by atoms with Gasteiger partial charge in [0.15, 0.2) is 0 Å². The highest BCUT2D eigenvalue weighted by Crippen LogP contribution is 2.29. The molecule has 6 nitrogen and oxygen atoms in total. The number of hydrogen-bond donors (Lipinski definition) is 2. The molecule has 9 heteroatoms. The Balaban J connectivity index is 2.19. The zero-order chi connectivity index (χ0) is 16.4. The van der Waals surface area contributed by atoms with Gasteiger partial charge in [0.2, 0.25) is 11.9 Å². The van der Waals surface area contributed by atoms with Crippen molar-refractivity contribution in [2.45, 2.75) is 32.5 Å². The lowest BCUT2D eigenvalue weighted by Crippen LogP contribution is -2.27. The Morgan fingerprint density at radius 3 is 2.32 bits per heavy atom. The molecule has 0 bridgehead atoms. The third-order valence-corrected chi connectivity index (χ3v) is 2.37. The van der Waals surface area contributed by atoms with Gasteiger partial charge in [-0.05, 0) is 32.9 Å². The van der Waals surface area contributed by atoms with Crippen LogP contribution in [-0.4, -0.2) is 25.5 Å². The average Bonchev–Trinajstić information content (AvgIpc) is 2.36. The van der Waals surface area contributed by atoms with Gasteiger partial charge >= 0.3 is 6.18 Å². The fraction of sp³-hybridized carbons (Fsp3) is 0.385. The third kappa shape index (κ3) is 4.54. The van der Waals surface area contributed by atoms with Crippen molar-refractivity contribution in [2.75, 3.05) is 10.6 Å². The van der Waals surface area contributed by atoms with Crippen LogP contribution < -0.4 is 10.6 Å². The summed E-state index contributed by atoms with van der Waals surface area (Å²) in [4.78, 5) is 15.2. The van der Waals surface area contributed by atoms with E-state index in [1.807, 2.05) is 20.8 Å². The number of pyridine rings is 1. The second kappa shape index (κ2) is 5.74. The van der Waals surface area contributed by atoms with Crippen molar-refractivity contribution in [1.82, 2.24) is 19.9 Å². The Morgan fingerprint density at radius 1 is 1.00 bits per heavy atom. The van der Waals surface area contributed by atoms with Gasteiger partial charge in [0.05, 0.1) is 0 Å². The monoisotopic (exact) mass is 312 g/mol. The molecule has 0 unspecified atom stereocenters. The highest BCUT2D eigenvalue weighted by molar-refractivity contribution is 5.54. The number of hydrogen-bond acceptors (Lipinski definition) is 6. The lowest BCUT2D eigenvalue weighted by Gasteiger charge is -2.20. The predicted octanol–water partition coefficient (Wildman–Crippen LogP) is 3.24. The summed E-state index contributed by atoms with van der Waals surface area (Å²) in [5.74, 6) is 0.469. The van der Waals surface area contributed by atoms with E-state index in [1.54, 1.807) is 0 Å². The van der Waals surface area contributed by atoms with Crippen LogP contribution in [0.4, 0.5) is 30.8 Å². The standard InChI is InChI=1S/C13H15F3N6/c1-12(2,3)22-11-19-7-18-10(21-11)20-8-4-5-17-9(6-8)13(14,15)16/h4-7H,1-3H3,(H2,17,18,19,20,21,22). The molecule has 2 N–H and O–H groups in total. The lowest BCUT2D eigenvalue weighted by molar-refractivity contribution is -0.141. The Kier molecular flexibility index (Phi) is 4.16. The number of rotatable bonds is 3. The second-order valence-corrected chi connectivity index (χ2v) is 5.56. The second-order valence-electron chi connectivity index (χ2n) is 5.56. The Bertz CT molecular complexity index is 651. The molecule has 2 aromatic rings. The van der Waals surface area contributed by atoms with Crippen LogP contribution in [0.1, 0.15) is 26.5 Å². The summed E-state index contributed by atoms with van der Waals surface area (Å²) in [6.07, 6.45) is -2.16. The SMILES string of the molecule is CC(C)(C)Nc1ncnc(Nc2ccnc(C(F)(F)F)c2)n1. The molecule has 0 atom stereocenters. The fourth-order valence-corrected chi connectivity index (χ4v) is 1.54. The maximum absolute atomic E-state index is 12.6. The minimum absolute atomic E-state index is 0.140. The molecule has 2 heterocycles. The fourth-order valence-electron chi connectivity index (χ4n) is 1.54. The molecule has 2 rings (SSSR count). The number of nitrogens with one attached hydrogen (secondary N) is 2. The zero-order valence-electron chi connectivity index (χ0n) is 12.2. The van der Waals surface area contributed by atoms with Crippen molar-refractivity contribution < 1.29 is 13.2 Å². The minimum atomic E-state index is -4.50. The zero-order valence-corrected chi connectivity index (χ0v) is 12.2. The van der Waals surface area contributed by atoms with Crippen molar-refractivity contribution in [3.05, 3.63) is 30.4 Å². The Labute approximate surface area is 125 Å². The van der Waals surface area contributed by atoms with Gasteiger partial charge in [-0.3, -0.25) is 4.98 Å². The number of nitrogens with zero attached hydrogens (tertiary/aromatic N) is 4. The molecular weight excluding hydrogens is 297 g/mol. The summed E-state index contributed by atoms with van der Waals surface area (Å²) in [5, 5.41) is 5.75. The van der Waals surface area contributed by atoms with Gasteiger partial charge in [0.25, 0.3) is 0 Å². The van der Waals surface area contributed by atoms with Crippen LogP contribution in [-0.2, 0) is 6.18 Å². The van der Waals surface area contributed by atoms with E-state index in [-0.39, 0.29) is 17.2 Å². The van der Waals surface area contributed by atoms with Crippen LogP contribution in [0.5, 0.6) is 0 Å². The molecule has 0 aliphatic carbocycles. The summed E-state index contributed by atoms with van der Waals surface area (Å²) in [6, 6.07) is 2.29. The molecule has 0 aliphatic rings. The van der Waals surface area contributed by atoms with Crippen molar-refractivity contribution in [3.63, 3.8) is 0 Å². The van der Waals surface area contributed by atoms with E-state index in [9.17, 15) is 13.2 Å². The normalized spacial score (nSPS) is 12.1. The van der Waals surface area contributed by atoms with E-state index < -0.39 is 11.9 Å². The first kappa shape index (κ1) is 15.9. The number of alkyl halides is 3.